The Labute approximate surface area is 110 Å². The standard InChI is InChI=1S/C14H14N2O3/c1-19-13-7-5-10(6-8-13)14(15)11-3-2-4-12(9-11)16(17)18/h2-9,14H,15H2,1H3/t14-/m1/s1. The van der Waals surface area contributed by atoms with Crippen LogP contribution in [0.15, 0.2) is 48.5 Å². The van der Waals surface area contributed by atoms with Crippen molar-refractivity contribution >= 4 is 5.69 Å². The summed E-state index contributed by atoms with van der Waals surface area (Å²) in [5, 5.41) is 10.7. The summed E-state index contributed by atoms with van der Waals surface area (Å²) in [6.45, 7) is 0. The fourth-order valence-corrected chi connectivity index (χ4v) is 1.84. The van der Waals surface area contributed by atoms with Gasteiger partial charge in [0.1, 0.15) is 5.75 Å². The van der Waals surface area contributed by atoms with Gasteiger partial charge in [-0.05, 0) is 23.3 Å². The number of nitrogens with two attached hydrogens (primary N) is 1. The Kier molecular flexibility index (Phi) is 3.77. The van der Waals surface area contributed by atoms with E-state index in [1.807, 2.05) is 24.3 Å². The van der Waals surface area contributed by atoms with Crippen molar-refractivity contribution in [3.05, 3.63) is 69.8 Å². The monoisotopic (exact) mass is 258 g/mol. The molecule has 0 aromatic heterocycles. The van der Waals surface area contributed by atoms with E-state index < -0.39 is 11.0 Å². The van der Waals surface area contributed by atoms with Crippen LogP contribution in [-0.2, 0) is 0 Å². The molecule has 0 unspecified atom stereocenters. The van der Waals surface area contributed by atoms with E-state index in [2.05, 4.69) is 0 Å². The van der Waals surface area contributed by atoms with E-state index in [4.69, 9.17) is 10.5 Å². The van der Waals surface area contributed by atoms with Crippen molar-refractivity contribution in [1.29, 1.82) is 0 Å². The molecular formula is C14H14N2O3. The van der Waals surface area contributed by atoms with Crippen molar-refractivity contribution in [3.8, 4) is 5.75 Å². The minimum absolute atomic E-state index is 0.0430. The van der Waals surface area contributed by atoms with Crippen LogP contribution < -0.4 is 10.5 Å². The summed E-state index contributed by atoms with van der Waals surface area (Å²) in [5.41, 5.74) is 7.74. The molecule has 2 rings (SSSR count). The number of hydrogen-bond acceptors (Lipinski definition) is 4. The summed E-state index contributed by atoms with van der Waals surface area (Å²) < 4.78 is 5.08. The number of methoxy groups -OCH3 is 1. The fraction of sp³-hybridized carbons (Fsp3) is 0.143. The summed E-state index contributed by atoms with van der Waals surface area (Å²) in [6, 6.07) is 13.3. The van der Waals surface area contributed by atoms with Gasteiger partial charge in [-0.15, -0.1) is 0 Å². The molecule has 0 bridgehead atoms. The highest BCUT2D eigenvalue weighted by Crippen LogP contribution is 2.24. The summed E-state index contributed by atoms with van der Waals surface area (Å²) in [7, 11) is 1.59. The van der Waals surface area contributed by atoms with Gasteiger partial charge in [0.15, 0.2) is 0 Å². The predicted octanol–water partition coefficient (Wildman–Crippen LogP) is 2.65. The van der Waals surface area contributed by atoms with Crippen molar-refractivity contribution in [3.63, 3.8) is 0 Å². The summed E-state index contributed by atoms with van der Waals surface area (Å²) in [6.07, 6.45) is 0. The lowest BCUT2D eigenvalue weighted by atomic mass is 9.99. The Bertz CT molecular complexity index is 581. The smallest absolute Gasteiger partial charge is 0.269 e. The molecule has 0 fully saturated rings. The predicted molar refractivity (Wildman–Crippen MR) is 72.1 cm³/mol. The van der Waals surface area contributed by atoms with Crippen LogP contribution in [-0.4, -0.2) is 12.0 Å². The average Bonchev–Trinajstić information content (AvgIpc) is 2.46. The van der Waals surface area contributed by atoms with E-state index in [1.165, 1.54) is 12.1 Å². The third-order valence-corrected chi connectivity index (χ3v) is 2.92. The highest BCUT2D eigenvalue weighted by atomic mass is 16.6. The largest absolute Gasteiger partial charge is 0.497 e. The van der Waals surface area contributed by atoms with Crippen LogP contribution in [0.4, 0.5) is 5.69 Å². The molecule has 0 saturated carbocycles. The Morgan fingerprint density at radius 3 is 2.42 bits per heavy atom. The zero-order valence-electron chi connectivity index (χ0n) is 10.4. The van der Waals surface area contributed by atoms with Crippen LogP contribution in [0.1, 0.15) is 17.2 Å². The number of nitrogens with zero attached hydrogens (tertiary/aromatic N) is 1. The Balaban J connectivity index is 2.29. The zero-order chi connectivity index (χ0) is 13.8. The van der Waals surface area contributed by atoms with Gasteiger partial charge in [0.25, 0.3) is 5.69 Å². The fourth-order valence-electron chi connectivity index (χ4n) is 1.84. The Hall–Kier alpha value is -2.40. The van der Waals surface area contributed by atoms with Crippen molar-refractivity contribution in [2.24, 2.45) is 5.73 Å². The lowest BCUT2D eigenvalue weighted by molar-refractivity contribution is -0.384. The van der Waals surface area contributed by atoms with E-state index in [0.29, 0.717) is 5.56 Å². The number of non-ortho nitro benzene ring substituents is 1. The molecular weight excluding hydrogens is 244 g/mol. The lowest BCUT2D eigenvalue weighted by Crippen LogP contribution is -2.11. The van der Waals surface area contributed by atoms with Crippen molar-refractivity contribution in [2.45, 2.75) is 6.04 Å². The number of rotatable bonds is 4. The van der Waals surface area contributed by atoms with Crippen molar-refractivity contribution < 1.29 is 9.66 Å². The molecule has 5 heteroatoms. The highest BCUT2D eigenvalue weighted by molar-refractivity contribution is 5.40. The van der Waals surface area contributed by atoms with Gasteiger partial charge in [-0.25, -0.2) is 0 Å². The third-order valence-electron chi connectivity index (χ3n) is 2.92. The quantitative estimate of drug-likeness (QED) is 0.675. The first-order valence-electron chi connectivity index (χ1n) is 5.75. The molecule has 0 aliphatic rings. The first kappa shape index (κ1) is 13.0. The normalized spacial score (nSPS) is 11.9. The molecule has 0 saturated heterocycles. The van der Waals surface area contributed by atoms with E-state index in [-0.39, 0.29) is 5.69 Å². The lowest BCUT2D eigenvalue weighted by Gasteiger charge is -2.12. The van der Waals surface area contributed by atoms with Gasteiger partial charge in [-0.2, -0.15) is 0 Å². The van der Waals surface area contributed by atoms with Gasteiger partial charge in [0.05, 0.1) is 18.1 Å². The second kappa shape index (κ2) is 5.49. The Morgan fingerprint density at radius 1 is 1.16 bits per heavy atom. The van der Waals surface area contributed by atoms with Gasteiger partial charge >= 0.3 is 0 Å². The minimum atomic E-state index is -0.426. The van der Waals surface area contributed by atoms with Crippen LogP contribution in [0.3, 0.4) is 0 Å². The summed E-state index contributed by atoms with van der Waals surface area (Å²) in [5.74, 6) is 0.745. The summed E-state index contributed by atoms with van der Waals surface area (Å²) >= 11 is 0. The van der Waals surface area contributed by atoms with Gasteiger partial charge < -0.3 is 10.5 Å². The molecule has 19 heavy (non-hydrogen) atoms. The van der Waals surface area contributed by atoms with Crippen molar-refractivity contribution in [2.75, 3.05) is 7.11 Å². The summed E-state index contributed by atoms with van der Waals surface area (Å²) in [4.78, 5) is 10.3. The second-order valence-electron chi connectivity index (χ2n) is 4.10. The maximum Gasteiger partial charge on any atom is 0.269 e. The van der Waals surface area contributed by atoms with Crippen LogP contribution in [0.25, 0.3) is 0 Å². The van der Waals surface area contributed by atoms with E-state index in [1.54, 1.807) is 19.2 Å². The number of nitro groups is 1. The maximum absolute atomic E-state index is 10.7. The molecule has 98 valence electrons. The van der Waals surface area contributed by atoms with Crippen LogP contribution >= 0.6 is 0 Å². The van der Waals surface area contributed by atoms with E-state index in [0.717, 1.165) is 11.3 Å². The van der Waals surface area contributed by atoms with Crippen LogP contribution in [0.5, 0.6) is 5.75 Å². The molecule has 2 aromatic carbocycles. The molecule has 0 amide bonds. The Morgan fingerprint density at radius 2 is 1.84 bits per heavy atom. The van der Waals surface area contributed by atoms with E-state index in [9.17, 15) is 10.1 Å². The maximum atomic E-state index is 10.7. The van der Waals surface area contributed by atoms with Crippen LogP contribution in [0, 0.1) is 10.1 Å². The molecule has 0 aliphatic carbocycles. The first-order valence-corrected chi connectivity index (χ1v) is 5.75. The number of hydrogen-bond donors (Lipinski definition) is 1. The average molecular weight is 258 g/mol. The molecule has 0 aliphatic heterocycles. The minimum Gasteiger partial charge on any atom is -0.497 e. The number of nitro benzene ring substituents is 1. The zero-order valence-corrected chi connectivity index (χ0v) is 10.4. The molecule has 0 spiro atoms. The molecule has 1 atom stereocenters. The van der Waals surface area contributed by atoms with Crippen LogP contribution in [0.2, 0.25) is 0 Å². The first-order chi connectivity index (χ1) is 9.11. The molecule has 0 radical (unpaired) electrons. The number of benzene rings is 2. The number of ether oxygens (including phenoxy) is 1. The molecule has 0 heterocycles. The topological polar surface area (TPSA) is 78.4 Å². The van der Waals surface area contributed by atoms with Gasteiger partial charge in [-0.3, -0.25) is 10.1 Å². The third kappa shape index (κ3) is 2.89. The van der Waals surface area contributed by atoms with Gasteiger partial charge in [-0.1, -0.05) is 24.3 Å². The second-order valence-corrected chi connectivity index (χ2v) is 4.10. The SMILES string of the molecule is COc1ccc([C@@H](N)c2cccc([N+](=O)[O-])c2)cc1. The van der Waals surface area contributed by atoms with Gasteiger partial charge in [0, 0.05) is 12.1 Å². The van der Waals surface area contributed by atoms with Gasteiger partial charge in [0.2, 0.25) is 0 Å². The molecule has 2 N–H and O–H groups in total. The van der Waals surface area contributed by atoms with Crippen molar-refractivity contribution in [1.82, 2.24) is 0 Å². The van der Waals surface area contributed by atoms with E-state index >= 15 is 0 Å². The highest BCUT2D eigenvalue weighted by Gasteiger charge is 2.13. The molecule has 5 nitrogen and oxygen atoms in total. The molecule has 2 aromatic rings.